The number of piperidine rings is 1. The highest BCUT2D eigenvalue weighted by Crippen LogP contribution is 2.29. The van der Waals surface area contributed by atoms with Crippen molar-refractivity contribution in [2.75, 3.05) is 6.54 Å². The highest BCUT2D eigenvalue weighted by molar-refractivity contribution is 5.78. The Kier molecular flexibility index (Phi) is 4.22. The molecule has 0 aliphatic carbocycles. The number of rotatable bonds is 4. The lowest BCUT2D eigenvalue weighted by Crippen LogP contribution is -2.54. The Labute approximate surface area is 113 Å². The molecule has 1 heterocycles. The molecule has 1 atom stereocenters. The molecule has 1 aromatic carbocycles. The number of hydrogen-bond donors (Lipinski definition) is 2. The number of carboxylic acids is 1. The fraction of sp³-hybridized carbons (Fsp3) is 0.533. The largest absolute Gasteiger partial charge is 0.480 e. The molecule has 0 saturated carbocycles. The van der Waals surface area contributed by atoms with E-state index in [9.17, 15) is 9.90 Å². The molecule has 0 aromatic heterocycles. The van der Waals surface area contributed by atoms with Crippen molar-refractivity contribution in [3.8, 4) is 0 Å². The second kappa shape index (κ2) is 5.72. The van der Waals surface area contributed by atoms with Gasteiger partial charge in [0.2, 0.25) is 0 Å². The molecule has 1 saturated heterocycles. The predicted octanol–water partition coefficient (Wildman–Crippen LogP) is 2.01. The third kappa shape index (κ3) is 2.96. The molecule has 1 fully saturated rings. The summed E-state index contributed by atoms with van der Waals surface area (Å²) in [4.78, 5) is 13.6. The van der Waals surface area contributed by atoms with Gasteiger partial charge in [-0.1, -0.05) is 24.3 Å². The lowest BCUT2D eigenvalue weighted by molar-refractivity contribution is -0.153. The number of aliphatic hydroxyl groups is 1. The average Bonchev–Trinajstić information content (AvgIpc) is 2.42. The molecular weight excluding hydrogens is 242 g/mol. The number of benzene rings is 1. The molecular formula is C15H21NO3. The van der Waals surface area contributed by atoms with Crippen molar-refractivity contribution in [2.24, 2.45) is 0 Å². The van der Waals surface area contributed by atoms with E-state index in [0.29, 0.717) is 13.0 Å². The Morgan fingerprint density at radius 2 is 1.89 bits per heavy atom. The molecule has 4 heteroatoms. The summed E-state index contributed by atoms with van der Waals surface area (Å²) in [6.45, 7) is 3.33. The zero-order valence-electron chi connectivity index (χ0n) is 11.3. The minimum atomic E-state index is -0.756. The fourth-order valence-corrected chi connectivity index (χ4v) is 2.64. The van der Waals surface area contributed by atoms with Crippen LogP contribution in [-0.2, 0) is 17.9 Å². The Hall–Kier alpha value is -1.39. The fourth-order valence-electron chi connectivity index (χ4n) is 2.64. The first-order valence-corrected chi connectivity index (χ1v) is 6.73. The third-order valence-electron chi connectivity index (χ3n) is 4.08. The van der Waals surface area contributed by atoms with Crippen LogP contribution in [0.25, 0.3) is 0 Å². The van der Waals surface area contributed by atoms with Gasteiger partial charge < -0.3 is 10.2 Å². The first-order valence-electron chi connectivity index (χ1n) is 6.73. The van der Waals surface area contributed by atoms with Crippen LogP contribution in [0.1, 0.15) is 37.3 Å². The number of aliphatic carboxylic acids is 1. The van der Waals surface area contributed by atoms with Crippen LogP contribution in [0.15, 0.2) is 24.3 Å². The van der Waals surface area contributed by atoms with Crippen molar-refractivity contribution in [3.63, 3.8) is 0 Å². The molecule has 0 amide bonds. The van der Waals surface area contributed by atoms with E-state index in [4.69, 9.17) is 5.11 Å². The van der Waals surface area contributed by atoms with Gasteiger partial charge in [0, 0.05) is 6.54 Å². The van der Waals surface area contributed by atoms with E-state index in [0.717, 1.165) is 30.5 Å². The van der Waals surface area contributed by atoms with E-state index < -0.39 is 11.5 Å². The summed E-state index contributed by atoms with van der Waals surface area (Å²) in [5.74, 6) is -0.737. The summed E-state index contributed by atoms with van der Waals surface area (Å²) >= 11 is 0. The number of hydrogen-bond acceptors (Lipinski definition) is 3. The van der Waals surface area contributed by atoms with E-state index in [2.05, 4.69) is 0 Å². The minimum absolute atomic E-state index is 0.0385. The van der Waals surface area contributed by atoms with E-state index >= 15 is 0 Å². The lowest BCUT2D eigenvalue weighted by Gasteiger charge is -2.41. The average molecular weight is 263 g/mol. The molecule has 0 radical (unpaired) electrons. The maximum Gasteiger partial charge on any atom is 0.323 e. The zero-order valence-corrected chi connectivity index (χ0v) is 11.3. The van der Waals surface area contributed by atoms with Crippen LogP contribution in [0.3, 0.4) is 0 Å². The van der Waals surface area contributed by atoms with Crippen LogP contribution in [0.4, 0.5) is 0 Å². The number of carbonyl (C=O) groups is 1. The Bertz CT molecular complexity index is 443. The maximum atomic E-state index is 11.5. The van der Waals surface area contributed by atoms with Gasteiger partial charge in [-0.05, 0) is 43.9 Å². The van der Waals surface area contributed by atoms with Crippen molar-refractivity contribution in [1.82, 2.24) is 4.90 Å². The topological polar surface area (TPSA) is 60.8 Å². The number of aliphatic hydroxyl groups excluding tert-OH is 1. The summed E-state index contributed by atoms with van der Waals surface area (Å²) in [5, 5.41) is 18.5. The molecule has 2 rings (SSSR count). The summed E-state index contributed by atoms with van der Waals surface area (Å²) in [6.07, 6.45) is 2.73. The molecule has 1 aromatic rings. The summed E-state index contributed by atoms with van der Waals surface area (Å²) in [7, 11) is 0. The number of carboxylic acid groups (broad SMARTS) is 1. The van der Waals surface area contributed by atoms with Crippen LogP contribution >= 0.6 is 0 Å². The van der Waals surface area contributed by atoms with Crippen molar-refractivity contribution < 1.29 is 15.0 Å². The van der Waals surface area contributed by atoms with Gasteiger partial charge in [-0.15, -0.1) is 0 Å². The first-order chi connectivity index (χ1) is 9.06. The smallest absolute Gasteiger partial charge is 0.323 e. The van der Waals surface area contributed by atoms with Crippen LogP contribution in [0.5, 0.6) is 0 Å². The van der Waals surface area contributed by atoms with Gasteiger partial charge in [0.25, 0.3) is 0 Å². The van der Waals surface area contributed by atoms with Crippen LogP contribution < -0.4 is 0 Å². The van der Waals surface area contributed by atoms with Gasteiger partial charge in [-0.25, -0.2) is 0 Å². The monoisotopic (exact) mass is 263 g/mol. The van der Waals surface area contributed by atoms with Gasteiger partial charge >= 0.3 is 5.97 Å². The quantitative estimate of drug-likeness (QED) is 0.872. The van der Waals surface area contributed by atoms with Crippen molar-refractivity contribution in [1.29, 1.82) is 0 Å². The molecule has 1 aliphatic heterocycles. The second-order valence-corrected chi connectivity index (χ2v) is 5.43. The molecule has 1 unspecified atom stereocenters. The van der Waals surface area contributed by atoms with Crippen molar-refractivity contribution in [2.45, 2.75) is 44.9 Å². The summed E-state index contributed by atoms with van der Waals surface area (Å²) in [5.41, 5.74) is 1.21. The van der Waals surface area contributed by atoms with Gasteiger partial charge in [-0.2, -0.15) is 0 Å². The molecule has 0 spiro atoms. The SMILES string of the molecule is CC1(C(=O)O)CCCCN1Cc1ccc(CO)cc1. The highest BCUT2D eigenvalue weighted by Gasteiger charge is 2.40. The van der Waals surface area contributed by atoms with Gasteiger partial charge in [-0.3, -0.25) is 9.69 Å². The molecule has 19 heavy (non-hydrogen) atoms. The Morgan fingerprint density at radius 3 is 2.47 bits per heavy atom. The number of nitrogens with zero attached hydrogens (tertiary/aromatic N) is 1. The van der Waals surface area contributed by atoms with E-state index in [1.165, 1.54) is 0 Å². The predicted molar refractivity (Wildman–Crippen MR) is 72.7 cm³/mol. The first kappa shape index (κ1) is 14.0. The molecule has 2 N–H and O–H groups in total. The molecule has 1 aliphatic rings. The molecule has 104 valence electrons. The third-order valence-corrected chi connectivity index (χ3v) is 4.08. The van der Waals surface area contributed by atoms with Gasteiger partial charge in [0.15, 0.2) is 0 Å². The van der Waals surface area contributed by atoms with Gasteiger partial charge in [0.05, 0.1) is 6.61 Å². The highest BCUT2D eigenvalue weighted by atomic mass is 16.4. The summed E-state index contributed by atoms with van der Waals surface area (Å²) in [6, 6.07) is 7.69. The molecule has 0 bridgehead atoms. The Morgan fingerprint density at radius 1 is 1.26 bits per heavy atom. The van der Waals surface area contributed by atoms with E-state index in [-0.39, 0.29) is 6.61 Å². The Balaban J connectivity index is 2.12. The van der Waals surface area contributed by atoms with E-state index in [1.54, 1.807) is 0 Å². The van der Waals surface area contributed by atoms with Crippen LogP contribution in [0.2, 0.25) is 0 Å². The molecule has 4 nitrogen and oxygen atoms in total. The second-order valence-electron chi connectivity index (χ2n) is 5.43. The van der Waals surface area contributed by atoms with Crippen LogP contribution in [-0.4, -0.2) is 33.2 Å². The number of likely N-dealkylation sites (tertiary alicyclic amines) is 1. The maximum absolute atomic E-state index is 11.5. The normalized spacial score (nSPS) is 24.3. The minimum Gasteiger partial charge on any atom is -0.480 e. The van der Waals surface area contributed by atoms with Crippen molar-refractivity contribution in [3.05, 3.63) is 35.4 Å². The zero-order chi connectivity index (χ0) is 13.9. The van der Waals surface area contributed by atoms with Crippen LogP contribution in [0, 0.1) is 0 Å². The van der Waals surface area contributed by atoms with Gasteiger partial charge in [0.1, 0.15) is 5.54 Å². The lowest BCUT2D eigenvalue weighted by atomic mass is 9.88. The van der Waals surface area contributed by atoms with E-state index in [1.807, 2.05) is 36.1 Å². The summed E-state index contributed by atoms with van der Waals surface area (Å²) < 4.78 is 0. The van der Waals surface area contributed by atoms with Crippen molar-refractivity contribution >= 4 is 5.97 Å². The standard InChI is InChI=1S/C15H21NO3/c1-15(14(18)19)8-2-3-9-16(15)10-12-4-6-13(11-17)7-5-12/h4-7,17H,2-3,8-11H2,1H3,(H,18,19).